The number of aryl methyl sites for hydroxylation is 1. The molecule has 0 bridgehead atoms. The minimum absolute atomic E-state index is 0.182. The summed E-state index contributed by atoms with van der Waals surface area (Å²) in [4.78, 5) is 15.5. The molecule has 0 aliphatic carbocycles. The van der Waals surface area contributed by atoms with Crippen molar-refractivity contribution in [3.63, 3.8) is 0 Å². The van der Waals surface area contributed by atoms with Gasteiger partial charge in [-0.3, -0.25) is 0 Å². The number of benzene rings is 2. The molecule has 31 heavy (non-hydrogen) atoms. The number of hydrogen-bond acceptors (Lipinski definition) is 4. The van der Waals surface area contributed by atoms with Crippen molar-refractivity contribution in [1.82, 2.24) is 4.90 Å². The standard InChI is InChI=1S/C26H35NO3S/c1-26(2,3)30-25(28)27-16-8-11-21(18-27)13-12-20-14-15-24(23(17-20)29-4)31-19-22-9-6-5-7-10-22/h5-7,9-10,14-15,17,21H,8,11-13,16,18-19H2,1-4H3/t21-/m0/s1. The summed E-state index contributed by atoms with van der Waals surface area (Å²) in [5.74, 6) is 2.39. The van der Waals surface area contributed by atoms with Crippen molar-refractivity contribution in [1.29, 1.82) is 0 Å². The average Bonchev–Trinajstić information content (AvgIpc) is 2.76. The summed E-state index contributed by atoms with van der Waals surface area (Å²) in [6.07, 6.45) is 4.09. The largest absolute Gasteiger partial charge is 0.496 e. The van der Waals surface area contributed by atoms with E-state index in [4.69, 9.17) is 9.47 Å². The summed E-state index contributed by atoms with van der Waals surface area (Å²) >= 11 is 1.80. The normalized spacial score (nSPS) is 16.8. The molecule has 0 unspecified atom stereocenters. The van der Waals surface area contributed by atoms with E-state index in [0.29, 0.717) is 5.92 Å². The van der Waals surface area contributed by atoms with Crippen LogP contribution in [0.4, 0.5) is 4.79 Å². The lowest BCUT2D eigenvalue weighted by atomic mass is 9.92. The number of likely N-dealkylation sites (tertiary alicyclic amines) is 1. The maximum Gasteiger partial charge on any atom is 0.410 e. The van der Waals surface area contributed by atoms with Crippen molar-refractivity contribution in [3.05, 3.63) is 59.7 Å². The number of carbonyl (C=O) groups is 1. The van der Waals surface area contributed by atoms with Crippen LogP contribution in [-0.4, -0.2) is 36.8 Å². The van der Waals surface area contributed by atoms with Gasteiger partial charge in [0.2, 0.25) is 0 Å². The average molecular weight is 442 g/mol. The van der Waals surface area contributed by atoms with Gasteiger partial charge in [0.25, 0.3) is 0 Å². The van der Waals surface area contributed by atoms with Crippen LogP contribution in [0.1, 0.15) is 51.2 Å². The molecule has 1 fully saturated rings. The highest BCUT2D eigenvalue weighted by molar-refractivity contribution is 7.98. The van der Waals surface area contributed by atoms with Crippen LogP contribution in [0, 0.1) is 5.92 Å². The number of amides is 1. The molecule has 1 saturated heterocycles. The fraction of sp³-hybridized carbons (Fsp3) is 0.500. The maximum atomic E-state index is 12.4. The third kappa shape index (κ3) is 7.49. The summed E-state index contributed by atoms with van der Waals surface area (Å²) in [6.45, 7) is 7.34. The Labute approximate surface area is 191 Å². The van der Waals surface area contributed by atoms with Gasteiger partial charge in [0.1, 0.15) is 11.4 Å². The number of ether oxygens (including phenoxy) is 2. The van der Waals surface area contributed by atoms with Crippen molar-refractivity contribution in [2.24, 2.45) is 5.92 Å². The van der Waals surface area contributed by atoms with Crippen molar-refractivity contribution in [3.8, 4) is 5.75 Å². The Morgan fingerprint density at radius 2 is 1.90 bits per heavy atom. The van der Waals surface area contributed by atoms with Crippen molar-refractivity contribution in [2.45, 2.75) is 62.7 Å². The van der Waals surface area contributed by atoms with Crippen molar-refractivity contribution >= 4 is 17.9 Å². The fourth-order valence-electron chi connectivity index (χ4n) is 3.89. The van der Waals surface area contributed by atoms with Gasteiger partial charge in [-0.2, -0.15) is 0 Å². The molecule has 1 amide bonds. The monoisotopic (exact) mass is 441 g/mol. The molecule has 2 aromatic carbocycles. The van der Waals surface area contributed by atoms with E-state index in [1.807, 2.05) is 31.7 Å². The van der Waals surface area contributed by atoms with Crippen LogP contribution in [0.25, 0.3) is 0 Å². The molecular formula is C26H35NO3S. The summed E-state index contributed by atoms with van der Waals surface area (Å²) in [7, 11) is 1.74. The quantitative estimate of drug-likeness (QED) is 0.456. The van der Waals surface area contributed by atoms with Gasteiger partial charge in [-0.25, -0.2) is 4.79 Å². The van der Waals surface area contributed by atoms with Crippen LogP contribution >= 0.6 is 11.8 Å². The Kier molecular flexibility index (Phi) is 8.30. The third-order valence-corrected chi connectivity index (χ3v) is 6.60. The number of piperidine rings is 1. The molecule has 4 nitrogen and oxygen atoms in total. The molecule has 1 aliphatic heterocycles. The van der Waals surface area contributed by atoms with Gasteiger partial charge in [0, 0.05) is 23.7 Å². The van der Waals surface area contributed by atoms with E-state index in [9.17, 15) is 4.79 Å². The van der Waals surface area contributed by atoms with E-state index in [1.165, 1.54) is 22.4 Å². The zero-order chi connectivity index (χ0) is 22.3. The van der Waals surface area contributed by atoms with Gasteiger partial charge in [-0.15, -0.1) is 11.8 Å². The molecule has 3 rings (SSSR count). The highest BCUT2D eigenvalue weighted by Gasteiger charge is 2.27. The van der Waals surface area contributed by atoms with Gasteiger partial charge >= 0.3 is 6.09 Å². The summed E-state index contributed by atoms with van der Waals surface area (Å²) in [5.41, 5.74) is 2.15. The predicted octanol–water partition coefficient (Wildman–Crippen LogP) is 6.57. The van der Waals surface area contributed by atoms with Crippen molar-refractivity contribution < 1.29 is 14.3 Å². The minimum Gasteiger partial charge on any atom is -0.496 e. The molecule has 1 aliphatic rings. The predicted molar refractivity (Wildman–Crippen MR) is 128 cm³/mol. The smallest absolute Gasteiger partial charge is 0.410 e. The van der Waals surface area contributed by atoms with E-state index in [1.54, 1.807) is 18.9 Å². The molecule has 1 atom stereocenters. The third-order valence-electron chi connectivity index (χ3n) is 5.48. The molecule has 0 aromatic heterocycles. The second-order valence-electron chi connectivity index (χ2n) is 9.23. The second kappa shape index (κ2) is 10.9. The lowest BCUT2D eigenvalue weighted by molar-refractivity contribution is 0.0162. The molecule has 0 saturated carbocycles. The first-order valence-corrected chi connectivity index (χ1v) is 12.1. The number of thioether (sulfide) groups is 1. The second-order valence-corrected chi connectivity index (χ2v) is 10.2. The number of hydrogen-bond donors (Lipinski definition) is 0. The lowest BCUT2D eigenvalue weighted by Gasteiger charge is -2.34. The lowest BCUT2D eigenvalue weighted by Crippen LogP contribution is -2.42. The van der Waals surface area contributed by atoms with Crippen LogP contribution in [0.2, 0.25) is 0 Å². The van der Waals surface area contributed by atoms with Gasteiger partial charge < -0.3 is 14.4 Å². The number of carbonyl (C=O) groups excluding carboxylic acids is 1. The summed E-state index contributed by atoms with van der Waals surface area (Å²) in [5, 5.41) is 0. The van der Waals surface area contributed by atoms with E-state index in [-0.39, 0.29) is 6.09 Å². The Bertz CT molecular complexity index is 847. The van der Waals surface area contributed by atoms with Crippen LogP contribution in [-0.2, 0) is 16.9 Å². The molecule has 2 aromatic rings. The SMILES string of the molecule is COc1cc(CC[C@@H]2CCCN(C(=O)OC(C)(C)C)C2)ccc1SCc1ccccc1. The van der Waals surface area contributed by atoms with Crippen LogP contribution < -0.4 is 4.74 Å². The zero-order valence-corrected chi connectivity index (χ0v) is 20.0. The molecule has 5 heteroatoms. The minimum atomic E-state index is -0.444. The Hall–Kier alpha value is -2.14. The fourth-order valence-corrected chi connectivity index (χ4v) is 4.85. The van der Waals surface area contributed by atoms with Gasteiger partial charge in [-0.1, -0.05) is 36.4 Å². The first-order chi connectivity index (χ1) is 14.8. The van der Waals surface area contributed by atoms with E-state index in [0.717, 1.165) is 43.9 Å². The van der Waals surface area contributed by atoms with Crippen molar-refractivity contribution in [2.75, 3.05) is 20.2 Å². The van der Waals surface area contributed by atoms with Gasteiger partial charge in [-0.05, 0) is 75.6 Å². The maximum absolute atomic E-state index is 12.4. The first-order valence-electron chi connectivity index (χ1n) is 11.2. The Balaban J connectivity index is 1.53. The summed E-state index contributed by atoms with van der Waals surface area (Å²) in [6, 6.07) is 17.1. The van der Waals surface area contributed by atoms with Crippen LogP contribution in [0.3, 0.4) is 0 Å². The summed E-state index contributed by atoms with van der Waals surface area (Å²) < 4.78 is 11.2. The number of methoxy groups -OCH3 is 1. The topological polar surface area (TPSA) is 38.8 Å². The molecule has 0 spiro atoms. The molecule has 168 valence electrons. The molecular weight excluding hydrogens is 406 g/mol. The Morgan fingerprint density at radius 3 is 2.61 bits per heavy atom. The van der Waals surface area contributed by atoms with E-state index < -0.39 is 5.60 Å². The molecule has 0 radical (unpaired) electrons. The highest BCUT2D eigenvalue weighted by atomic mass is 32.2. The zero-order valence-electron chi connectivity index (χ0n) is 19.2. The van der Waals surface area contributed by atoms with E-state index in [2.05, 4.69) is 42.5 Å². The first kappa shape index (κ1) is 23.5. The Morgan fingerprint density at radius 1 is 1.13 bits per heavy atom. The van der Waals surface area contributed by atoms with Crippen LogP contribution in [0.5, 0.6) is 5.75 Å². The number of rotatable bonds is 7. The molecule has 0 N–H and O–H groups in total. The molecule has 1 heterocycles. The van der Waals surface area contributed by atoms with Gasteiger partial charge in [0.05, 0.1) is 7.11 Å². The van der Waals surface area contributed by atoms with Crippen LogP contribution in [0.15, 0.2) is 53.4 Å². The van der Waals surface area contributed by atoms with Gasteiger partial charge in [0.15, 0.2) is 0 Å². The highest BCUT2D eigenvalue weighted by Crippen LogP contribution is 2.33. The van der Waals surface area contributed by atoms with E-state index >= 15 is 0 Å². The number of nitrogens with zero attached hydrogens (tertiary/aromatic N) is 1.